The molecule has 1 N–H and O–H groups in total. The first kappa shape index (κ1) is 10.9. The van der Waals surface area contributed by atoms with Gasteiger partial charge >= 0.3 is 0 Å². The van der Waals surface area contributed by atoms with Crippen molar-refractivity contribution in [2.24, 2.45) is 5.92 Å². The SMILES string of the molecule is O=c1[nH]cnc(OCCC2CCC2)c1I. The van der Waals surface area contributed by atoms with Crippen molar-refractivity contribution in [3.8, 4) is 5.88 Å². The fourth-order valence-corrected chi connectivity index (χ4v) is 2.02. The average molecular weight is 320 g/mol. The van der Waals surface area contributed by atoms with Crippen LogP contribution < -0.4 is 10.3 Å². The number of aromatic nitrogens is 2. The first-order valence-corrected chi connectivity index (χ1v) is 6.21. The van der Waals surface area contributed by atoms with Crippen molar-refractivity contribution >= 4 is 22.6 Å². The van der Waals surface area contributed by atoms with E-state index in [-0.39, 0.29) is 5.56 Å². The Morgan fingerprint density at radius 2 is 2.40 bits per heavy atom. The number of hydrogen-bond donors (Lipinski definition) is 1. The van der Waals surface area contributed by atoms with Crippen molar-refractivity contribution in [3.63, 3.8) is 0 Å². The normalized spacial score (nSPS) is 16.1. The van der Waals surface area contributed by atoms with E-state index in [1.165, 1.54) is 25.6 Å². The maximum absolute atomic E-state index is 11.2. The minimum absolute atomic E-state index is 0.135. The second kappa shape index (κ2) is 4.96. The molecule has 0 amide bonds. The highest BCUT2D eigenvalue weighted by molar-refractivity contribution is 14.1. The van der Waals surface area contributed by atoms with Gasteiger partial charge in [0.1, 0.15) is 3.57 Å². The predicted octanol–water partition coefficient (Wildman–Crippen LogP) is 1.94. The Morgan fingerprint density at radius 3 is 3.07 bits per heavy atom. The van der Waals surface area contributed by atoms with E-state index in [4.69, 9.17) is 4.74 Å². The molecule has 0 saturated heterocycles. The Balaban J connectivity index is 1.87. The van der Waals surface area contributed by atoms with Gasteiger partial charge in [-0.1, -0.05) is 19.3 Å². The summed E-state index contributed by atoms with van der Waals surface area (Å²) < 4.78 is 6.02. The Bertz CT molecular complexity index is 387. The zero-order chi connectivity index (χ0) is 10.7. The smallest absolute Gasteiger partial charge is 0.268 e. The van der Waals surface area contributed by atoms with Crippen LogP contribution in [-0.2, 0) is 0 Å². The summed E-state index contributed by atoms with van der Waals surface area (Å²) in [5.41, 5.74) is -0.135. The molecule has 0 bridgehead atoms. The van der Waals surface area contributed by atoms with E-state index in [0.29, 0.717) is 16.1 Å². The van der Waals surface area contributed by atoms with Gasteiger partial charge in [-0.3, -0.25) is 4.79 Å². The minimum Gasteiger partial charge on any atom is -0.477 e. The topological polar surface area (TPSA) is 55.0 Å². The Morgan fingerprint density at radius 1 is 1.60 bits per heavy atom. The van der Waals surface area contributed by atoms with Crippen molar-refractivity contribution in [2.75, 3.05) is 6.61 Å². The summed E-state index contributed by atoms with van der Waals surface area (Å²) in [4.78, 5) is 17.7. The molecule has 1 heterocycles. The zero-order valence-corrected chi connectivity index (χ0v) is 10.5. The Kier molecular flexibility index (Phi) is 3.61. The van der Waals surface area contributed by atoms with Gasteiger partial charge in [0, 0.05) is 0 Å². The fourth-order valence-electron chi connectivity index (χ4n) is 1.57. The summed E-state index contributed by atoms with van der Waals surface area (Å²) in [5.74, 6) is 1.28. The highest BCUT2D eigenvalue weighted by Gasteiger charge is 2.17. The largest absolute Gasteiger partial charge is 0.477 e. The number of rotatable bonds is 4. The molecule has 0 aliphatic heterocycles. The minimum atomic E-state index is -0.135. The van der Waals surface area contributed by atoms with E-state index in [2.05, 4.69) is 9.97 Å². The fraction of sp³-hybridized carbons (Fsp3) is 0.600. The first-order valence-electron chi connectivity index (χ1n) is 5.13. The van der Waals surface area contributed by atoms with Gasteiger partial charge in [0.15, 0.2) is 0 Å². The molecule has 1 aromatic rings. The van der Waals surface area contributed by atoms with Gasteiger partial charge in [0.25, 0.3) is 5.56 Å². The number of ether oxygens (including phenoxy) is 1. The summed E-state index contributed by atoms with van der Waals surface area (Å²) in [5, 5.41) is 0. The summed E-state index contributed by atoms with van der Waals surface area (Å²) in [6.45, 7) is 0.664. The lowest BCUT2D eigenvalue weighted by Crippen LogP contribution is -2.17. The molecule has 1 fully saturated rings. The number of hydrogen-bond acceptors (Lipinski definition) is 3. The summed E-state index contributed by atoms with van der Waals surface area (Å²) >= 11 is 1.95. The van der Waals surface area contributed by atoms with Gasteiger partial charge in [-0.05, 0) is 34.9 Å². The molecule has 0 radical (unpaired) electrons. The molecule has 0 unspecified atom stereocenters. The number of aromatic amines is 1. The van der Waals surface area contributed by atoms with Crippen LogP contribution in [0.15, 0.2) is 11.1 Å². The third-order valence-corrected chi connectivity index (χ3v) is 3.71. The third-order valence-electron chi connectivity index (χ3n) is 2.75. The van der Waals surface area contributed by atoms with Crippen molar-refractivity contribution < 1.29 is 4.74 Å². The zero-order valence-electron chi connectivity index (χ0n) is 8.33. The molecule has 1 saturated carbocycles. The standard InChI is InChI=1S/C10H13IN2O2/c11-8-9(14)12-6-13-10(8)15-5-4-7-2-1-3-7/h6-7H,1-5H2,(H,12,13,14). The molecule has 82 valence electrons. The van der Waals surface area contributed by atoms with E-state index in [9.17, 15) is 4.79 Å². The molecule has 0 aromatic carbocycles. The van der Waals surface area contributed by atoms with Crippen LogP contribution in [-0.4, -0.2) is 16.6 Å². The molecule has 5 heteroatoms. The maximum Gasteiger partial charge on any atom is 0.268 e. The average Bonchev–Trinajstić information content (AvgIpc) is 2.16. The van der Waals surface area contributed by atoms with Crippen molar-refractivity contribution in [1.29, 1.82) is 0 Å². The van der Waals surface area contributed by atoms with Crippen LogP contribution in [0.5, 0.6) is 5.88 Å². The molecular formula is C10H13IN2O2. The molecule has 15 heavy (non-hydrogen) atoms. The molecule has 1 aliphatic rings. The van der Waals surface area contributed by atoms with Crippen LogP contribution in [0.4, 0.5) is 0 Å². The van der Waals surface area contributed by atoms with E-state index in [1.807, 2.05) is 22.6 Å². The van der Waals surface area contributed by atoms with Crippen molar-refractivity contribution in [3.05, 3.63) is 20.3 Å². The molecule has 2 rings (SSSR count). The molecule has 1 aromatic heterocycles. The predicted molar refractivity (Wildman–Crippen MR) is 65.0 cm³/mol. The van der Waals surface area contributed by atoms with Gasteiger partial charge in [0.05, 0.1) is 12.9 Å². The van der Waals surface area contributed by atoms with Crippen LogP contribution in [0.25, 0.3) is 0 Å². The lowest BCUT2D eigenvalue weighted by Gasteiger charge is -2.24. The molecule has 0 atom stereocenters. The van der Waals surface area contributed by atoms with Gasteiger partial charge in [-0.15, -0.1) is 0 Å². The lowest BCUT2D eigenvalue weighted by molar-refractivity contribution is 0.216. The summed E-state index contributed by atoms with van der Waals surface area (Å²) in [6.07, 6.45) is 6.45. The second-order valence-electron chi connectivity index (χ2n) is 3.78. The van der Waals surface area contributed by atoms with Crippen LogP contribution in [0.3, 0.4) is 0 Å². The number of nitrogens with one attached hydrogen (secondary N) is 1. The van der Waals surface area contributed by atoms with Gasteiger partial charge in [-0.2, -0.15) is 0 Å². The Hall–Kier alpha value is -0.590. The number of nitrogens with zero attached hydrogens (tertiary/aromatic N) is 1. The first-order chi connectivity index (χ1) is 7.27. The third kappa shape index (κ3) is 2.70. The lowest BCUT2D eigenvalue weighted by atomic mass is 9.83. The molecular weight excluding hydrogens is 307 g/mol. The molecule has 0 spiro atoms. The van der Waals surface area contributed by atoms with Gasteiger partial charge in [-0.25, -0.2) is 4.98 Å². The van der Waals surface area contributed by atoms with Crippen molar-refractivity contribution in [2.45, 2.75) is 25.7 Å². The van der Waals surface area contributed by atoms with E-state index >= 15 is 0 Å². The van der Waals surface area contributed by atoms with Crippen LogP contribution in [0, 0.1) is 9.49 Å². The van der Waals surface area contributed by atoms with Crippen molar-refractivity contribution in [1.82, 2.24) is 9.97 Å². The van der Waals surface area contributed by atoms with Gasteiger partial charge in [0.2, 0.25) is 5.88 Å². The van der Waals surface area contributed by atoms with E-state index < -0.39 is 0 Å². The highest BCUT2D eigenvalue weighted by Crippen LogP contribution is 2.29. The van der Waals surface area contributed by atoms with E-state index in [1.54, 1.807) is 0 Å². The van der Waals surface area contributed by atoms with Crippen LogP contribution in [0.2, 0.25) is 0 Å². The maximum atomic E-state index is 11.2. The number of halogens is 1. The summed E-state index contributed by atoms with van der Waals surface area (Å²) in [6, 6.07) is 0. The van der Waals surface area contributed by atoms with E-state index in [0.717, 1.165) is 12.3 Å². The van der Waals surface area contributed by atoms with Crippen LogP contribution in [0.1, 0.15) is 25.7 Å². The number of H-pyrrole nitrogens is 1. The quantitative estimate of drug-likeness (QED) is 0.863. The molecule has 4 nitrogen and oxygen atoms in total. The monoisotopic (exact) mass is 320 g/mol. The molecule has 1 aliphatic carbocycles. The van der Waals surface area contributed by atoms with Crippen LogP contribution >= 0.6 is 22.6 Å². The second-order valence-corrected chi connectivity index (χ2v) is 4.86. The van der Waals surface area contributed by atoms with Gasteiger partial charge < -0.3 is 9.72 Å². The Labute approximate surface area is 102 Å². The summed E-state index contributed by atoms with van der Waals surface area (Å²) in [7, 11) is 0. The highest BCUT2D eigenvalue weighted by atomic mass is 127.